The maximum absolute atomic E-state index is 12.2. The lowest BCUT2D eigenvalue weighted by Gasteiger charge is -2.57. The molecule has 5 heteroatoms. The Bertz CT molecular complexity index is 333. The molecule has 0 aromatic rings. The van der Waals surface area contributed by atoms with E-state index in [1.165, 1.54) is 0 Å². The molecule has 0 radical (unpaired) electrons. The quantitative estimate of drug-likeness (QED) is 0.525. The van der Waals surface area contributed by atoms with Crippen LogP contribution in [0, 0.1) is 5.41 Å². The molecule has 0 aliphatic heterocycles. The third-order valence-corrected chi connectivity index (χ3v) is 4.97. The van der Waals surface area contributed by atoms with Crippen molar-refractivity contribution in [1.82, 2.24) is 5.32 Å². The molecule has 4 nitrogen and oxygen atoms in total. The number of ether oxygens (including phenoxy) is 1. The van der Waals surface area contributed by atoms with Crippen molar-refractivity contribution in [1.29, 1.82) is 0 Å². The summed E-state index contributed by atoms with van der Waals surface area (Å²) in [4.78, 5) is 12.2. The minimum atomic E-state index is -0.810. The van der Waals surface area contributed by atoms with Gasteiger partial charge in [-0.1, -0.05) is 19.9 Å². The Morgan fingerprint density at radius 1 is 1.63 bits per heavy atom. The zero-order valence-corrected chi connectivity index (χ0v) is 13.0. The van der Waals surface area contributed by atoms with Crippen molar-refractivity contribution in [2.24, 2.45) is 11.1 Å². The Hall–Kier alpha value is -0.520. The SMILES string of the molecule is C=CCSCCNC(=O)C1(N)CC(OCC)C1(C)C. The lowest BCUT2D eigenvalue weighted by atomic mass is 9.54. The fourth-order valence-corrected chi connectivity index (χ4v) is 2.96. The van der Waals surface area contributed by atoms with Gasteiger partial charge >= 0.3 is 0 Å². The van der Waals surface area contributed by atoms with Crippen LogP contribution in [-0.2, 0) is 9.53 Å². The molecule has 1 aliphatic rings. The van der Waals surface area contributed by atoms with Gasteiger partial charge < -0.3 is 15.8 Å². The molecule has 1 amide bonds. The number of hydrogen-bond donors (Lipinski definition) is 2. The minimum Gasteiger partial charge on any atom is -0.378 e. The lowest BCUT2D eigenvalue weighted by molar-refractivity contribution is -0.170. The van der Waals surface area contributed by atoms with E-state index in [9.17, 15) is 4.79 Å². The Morgan fingerprint density at radius 2 is 2.32 bits per heavy atom. The number of thioether (sulfide) groups is 1. The average molecular weight is 286 g/mol. The van der Waals surface area contributed by atoms with Crippen molar-refractivity contribution in [2.75, 3.05) is 24.7 Å². The molecule has 0 aromatic carbocycles. The van der Waals surface area contributed by atoms with Crippen molar-refractivity contribution in [3.05, 3.63) is 12.7 Å². The third-order valence-electron chi connectivity index (χ3n) is 4.00. The number of nitrogens with one attached hydrogen (secondary N) is 1. The average Bonchev–Trinajstić information content (AvgIpc) is 2.37. The van der Waals surface area contributed by atoms with Gasteiger partial charge in [0.05, 0.1) is 6.10 Å². The van der Waals surface area contributed by atoms with Crippen LogP contribution in [0.3, 0.4) is 0 Å². The van der Waals surface area contributed by atoms with Gasteiger partial charge in [-0.3, -0.25) is 4.79 Å². The van der Waals surface area contributed by atoms with E-state index in [0.717, 1.165) is 11.5 Å². The van der Waals surface area contributed by atoms with Crippen molar-refractivity contribution in [2.45, 2.75) is 38.8 Å². The molecule has 1 saturated carbocycles. The molecule has 19 heavy (non-hydrogen) atoms. The van der Waals surface area contributed by atoms with Gasteiger partial charge in [0.1, 0.15) is 5.54 Å². The molecule has 0 aromatic heterocycles. The smallest absolute Gasteiger partial charge is 0.240 e. The van der Waals surface area contributed by atoms with E-state index in [2.05, 4.69) is 11.9 Å². The van der Waals surface area contributed by atoms with Crippen LogP contribution in [-0.4, -0.2) is 42.2 Å². The summed E-state index contributed by atoms with van der Waals surface area (Å²) in [6.45, 7) is 10.9. The first-order valence-corrected chi connectivity index (χ1v) is 7.93. The van der Waals surface area contributed by atoms with Gasteiger partial charge in [-0.15, -0.1) is 6.58 Å². The molecular formula is C14H26N2O2S. The topological polar surface area (TPSA) is 64.4 Å². The van der Waals surface area contributed by atoms with Crippen LogP contribution in [0.15, 0.2) is 12.7 Å². The van der Waals surface area contributed by atoms with Gasteiger partial charge in [0.25, 0.3) is 0 Å². The summed E-state index contributed by atoms with van der Waals surface area (Å²) in [5.41, 5.74) is 5.14. The number of amides is 1. The molecule has 1 fully saturated rings. The van der Waals surface area contributed by atoms with E-state index in [4.69, 9.17) is 10.5 Å². The van der Waals surface area contributed by atoms with Crippen molar-refractivity contribution in [3.8, 4) is 0 Å². The highest BCUT2D eigenvalue weighted by atomic mass is 32.2. The van der Waals surface area contributed by atoms with Crippen LogP contribution in [0.25, 0.3) is 0 Å². The van der Waals surface area contributed by atoms with E-state index in [1.807, 2.05) is 26.8 Å². The molecule has 0 saturated heterocycles. The first-order chi connectivity index (χ1) is 8.90. The van der Waals surface area contributed by atoms with Gasteiger partial charge in [-0.25, -0.2) is 0 Å². The first kappa shape index (κ1) is 16.5. The summed E-state index contributed by atoms with van der Waals surface area (Å²) in [5.74, 6) is 1.72. The highest BCUT2D eigenvalue weighted by molar-refractivity contribution is 7.99. The number of hydrogen-bond acceptors (Lipinski definition) is 4. The van der Waals surface area contributed by atoms with Crippen molar-refractivity contribution >= 4 is 17.7 Å². The van der Waals surface area contributed by atoms with Crippen LogP contribution in [0.4, 0.5) is 0 Å². The molecule has 2 unspecified atom stereocenters. The Morgan fingerprint density at radius 3 is 2.84 bits per heavy atom. The molecule has 1 rings (SSSR count). The normalized spacial score (nSPS) is 28.5. The Kier molecular flexibility index (Phi) is 5.89. The second-order valence-electron chi connectivity index (χ2n) is 5.46. The highest BCUT2D eigenvalue weighted by Gasteiger charge is 2.62. The zero-order chi connectivity index (χ0) is 14.5. The maximum Gasteiger partial charge on any atom is 0.240 e. The predicted octanol–water partition coefficient (Wildman–Crippen LogP) is 1.55. The van der Waals surface area contributed by atoms with Gasteiger partial charge in [0.15, 0.2) is 0 Å². The van der Waals surface area contributed by atoms with Gasteiger partial charge in [-0.2, -0.15) is 11.8 Å². The van der Waals surface area contributed by atoms with E-state index in [0.29, 0.717) is 19.6 Å². The van der Waals surface area contributed by atoms with Crippen LogP contribution in [0.5, 0.6) is 0 Å². The largest absolute Gasteiger partial charge is 0.378 e. The van der Waals surface area contributed by atoms with E-state index >= 15 is 0 Å². The summed E-state index contributed by atoms with van der Waals surface area (Å²) >= 11 is 1.74. The summed E-state index contributed by atoms with van der Waals surface area (Å²) < 4.78 is 5.62. The molecule has 0 spiro atoms. The van der Waals surface area contributed by atoms with Crippen molar-refractivity contribution < 1.29 is 9.53 Å². The predicted molar refractivity (Wildman–Crippen MR) is 81.3 cm³/mol. The number of rotatable bonds is 8. The van der Waals surface area contributed by atoms with Crippen molar-refractivity contribution in [3.63, 3.8) is 0 Å². The van der Waals surface area contributed by atoms with Gasteiger partial charge in [0.2, 0.25) is 5.91 Å². The van der Waals surface area contributed by atoms with E-state index in [-0.39, 0.29) is 17.4 Å². The fourth-order valence-electron chi connectivity index (χ4n) is 2.38. The van der Waals surface area contributed by atoms with Gasteiger partial charge in [0, 0.05) is 36.5 Å². The zero-order valence-electron chi connectivity index (χ0n) is 12.2. The summed E-state index contributed by atoms with van der Waals surface area (Å²) in [6, 6.07) is 0. The first-order valence-electron chi connectivity index (χ1n) is 6.77. The summed E-state index contributed by atoms with van der Waals surface area (Å²) in [7, 11) is 0. The Labute approximate surface area is 120 Å². The van der Waals surface area contributed by atoms with E-state index < -0.39 is 5.54 Å². The number of carbonyl (C=O) groups excluding carboxylic acids is 1. The van der Waals surface area contributed by atoms with Crippen LogP contribution in [0.1, 0.15) is 27.2 Å². The molecule has 1 aliphatic carbocycles. The number of nitrogens with two attached hydrogens (primary N) is 1. The molecule has 0 heterocycles. The third kappa shape index (κ3) is 3.33. The molecule has 3 N–H and O–H groups in total. The maximum atomic E-state index is 12.2. The standard InChI is InChI=1S/C14H26N2O2S/c1-5-8-19-9-7-16-12(17)14(15)10-11(18-6-2)13(14,3)4/h5,11H,1,6-10,15H2,2-4H3,(H,16,17). The molecule has 110 valence electrons. The lowest BCUT2D eigenvalue weighted by Crippen LogP contribution is -2.75. The molecule has 2 atom stereocenters. The minimum absolute atomic E-state index is 0.0624. The fraction of sp³-hybridized carbons (Fsp3) is 0.786. The second-order valence-corrected chi connectivity index (χ2v) is 6.61. The molecule has 0 bridgehead atoms. The Balaban J connectivity index is 2.42. The van der Waals surface area contributed by atoms with Crippen LogP contribution >= 0.6 is 11.8 Å². The van der Waals surface area contributed by atoms with Gasteiger partial charge in [-0.05, 0) is 6.92 Å². The monoisotopic (exact) mass is 286 g/mol. The van der Waals surface area contributed by atoms with Crippen LogP contribution < -0.4 is 11.1 Å². The number of carbonyl (C=O) groups is 1. The second kappa shape index (κ2) is 6.77. The van der Waals surface area contributed by atoms with Crippen LogP contribution in [0.2, 0.25) is 0 Å². The highest BCUT2D eigenvalue weighted by Crippen LogP contribution is 2.49. The summed E-state index contributed by atoms with van der Waals surface area (Å²) in [5, 5.41) is 2.93. The van der Waals surface area contributed by atoms with E-state index in [1.54, 1.807) is 11.8 Å². The molecular weight excluding hydrogens is 260 g/mol. The summed E-state index contributed by atoms with van der Waals surface area (Å²) in [6.07, 6.45) is 2.53.